The summed E-state index contributed by atoms with van der Waals surface area (Å²) in [4.78, 5) is 22.4. The minimum absolute atomic E-state index is 0.156. The Bertz CT molecular complexity index is 242. The van der Waals surface area contributed by atoms with E-state index in [9.17, 15) is 9.59 Å². The maximum Gasteiger partial charge on any atom is 0.307 e. The molecule has 0 aromatic carbocycles. The van der Waals surface area contributed by atoms with Crippen molar-refractivity contribution in [2.24, 2.45) is 11.8 Å². The number of amides is 1. The molecule has 0 saturated heterocycles. The highest BCUT2D eigenvalue weighted by Crippen LogP contribution is 2.31. The molecule has 1 fully saturated rings. The van der Waals surface area contributed by atoms with Gasteiger partial charge < -0.3 is 15.2 Å². The summed E-state index contributed by atoms with van der Waals surface area (Å²) in [5, 5.41) is 11.6. The van der Waals surface area contributed by atoms with Crippen LogP contribution in [-0.2, 0) is 14.3 Å². The van der Waals surface area contributed by atoms with Crippen LogP contribution in [0.25, 0.3) is 0 Å². The summed E-state index contributed by atoms with van der Waals surface area (Å²) in [5.41, 5.74) is 0. The van der Waals surface area contributed by atoms with Crippen molar-refractivity contribution in [2.45, 2.75) is 19.3 Å². The van der Waals surface area contributed by atoms with Crippen molar-refractivity contribution in [3.63, 3.8) is 0 Å². The molecular formula is C10H17NO4. The van der Waals surface area contributed by atoms with Gasteiger partial charge in [-0.2, -0.15) is 0 Å². The lowest BCUT2D eigenvalue weighted by molar-refractivity contribution is -0.146. The Morgan fingerprint density at radius 2 is 2.07 bits per heavy atom. The molecule has 0 radical (unpaired) electrons. The lowest BCUT2D eigenvalue weighted by atomic mass is 9.95. The standard InChI is InChI=1S/C10H17NO4/c1-15-6-5-11-9(12)7-3-2-4-8(7)10(13)14/h7-8H,2-6H2,1H3,(H,11,12)(H,13,14)/t7-,8+/m1/s1. The average Bonchev–Trinajstić information content (AvgIpc) is 2.66. The summed E-state index contributed by atoms with van der Waals surface area (Å²) >= 11 is 0. The van der Waals surface area contributed by atoms with E-state index < -0.39 is 11.9 Å². The Morgan fingerprint density at radius 1 is 1.40 bits per heavy atom. The molecule has 2 N–H and O–H groups in total. The lowest BCUT2D eigenvalue weighted by Gasteiger charge is -2.15. The van der Waals surface area contributed by atoms with Crippen LogP contribution in [0.3, 0.4) is 0 Å². The van der Waals surface area contributed by atoms with Crippen molar-refractivity contribution in [3.8, 4) is 0 Å². The van der Waals surface area contributed by atoms with Crippen LogP contribution in [0.4, 0.5) is 0 Å². The van der Waals surface area contributed by atoms with Gasteiger partial charge in [-0.05, 0) is 12.8 Å². The summed E-state index contributed by atoms with van der Waals surface area (Å²) in [6.45, 7) is 0.897. The van der Waals surface area contributed by atoms with E-state index in [4.69, 9.17) is 9.84 Å². The van der Waals surface area contributed by atoms with Crippen LogP contribution in [0, 0.1) is 11.8 Å². The number of nitrogens with one attached hydrogen (secondary N) is 1. The zero-order valence-corrected chi connectivity index (χ0v) is 8.86. The number of hydrogen-bond donors (Lipinski definition) is 2. The van der Waals surface area contributed by atoms with Gasteiger partial charge in [0.05, 0.1) is 18.4 Å². The number of carbonyl (C=O) groups is 2. The highest BCUT2D eigenvalue weighted by atomic mass is 16.5. The number of carbonyl (C=O) groups excluding carboxylic acids is 1. The third-order valence-corrected chi connectivity index (χ3v) is 2.78. The second-order valence-corrected chi connectivity index (χ2v) is 3.77. The number of carboxylic acid groups (broad SMARTS) is 1. The van der Waals surface area contributed by atoms with Crippen molar-refractivity contribution in [3.05, 3.63) is 0 Å². The highest BCUT2D eigenvalue weighted by molar-refractivity contribution is 5.85. The van der Waals surface area contributed by atoms with Gasteiger partial charge in [-0.25, -0.2) is 0 Å². The molecule has 0 bridgehead atoms. The molecule has 1 rings (SSSR count). The SMILES string of the molecule is COCCNC(=O)[C@@H]1CCC[C@@H]1C(=O)O. The van der Waals surface area contributed by atoms with Crippen molar-refractivity contribution in [1.82, 2.24) is 5.32 Å². The molecule has 5 heteroatoms. The van der Waals surface area contributed by atoms with Crippen LogP contribution < -0.4 is 5.32 Å². The van der Waals surface area contributed by atoms with Crippen molar-refractivity contribution in [1.29, 1.82) is 0 Å². The molecule has 1 aliphatic rings. The monoisotopic (exact) mass is 215 g/mol. The smallest absolute Gasteiger partial charge is 0.307 e. The fourth-order valence-electron chi connectivity index (χ4n) is 1.98. The highest BCUT2D eigenvalue weighted by Gasteiger charge is 2.37. The third-order valence-electron chi connectivity index (χ3n) is 2.78. The first-order chi connectivity index (χ1) is 7.16. The quantitative estimate of drug-likeness (QED) is 0.644. The summed E-state index contributed by atoms with van der Waals surface area (Å²) in [5.74, 6) is -1.89. The van der Waals surface area contributed by atoms with E-state index in [0.717, 1.165) is 6.42 Å². The van der Waals surface area contributed by atoms with Gasteiger partial charge in [0.15, 0.2) is 0 Å². The van der Waals surface area contributed by atoms with Gasteiger partial charge >= 0.3 is 5.97 Å². The molecular weight excluding hydrogens is 198 g/mol. The second kappa shape index (κ2) is 5.70. The molecule has 1 amide bonds. The van der Waals surface area contributed by atoms with Crippen molar-refractivity contribution < 1.29 is 19.4 Å². The van der Waals surface area contributed by atoms with Crippen LogP contribution in [0.1, 0.15) is 19.3 Å². The fourth-order valence-corrected chi connectivity index (χ4v) is 1.98. The Hall–Kier alpha value is -1.10. The molecule has 1 aliphatic carbocycles. The topological polar surface area (TPSA) is 75.6 Å². The number of ether oxygens (including phenoxy) is 1. The van der Waals surface area contributed by atoms with Gasteiger partial charge in [-0.15, -0.1) is 0 Å². The maximum absolute atomic E-state index is 11.6. The van der Waals surface area contributed by atoms with E-state index in [1.807, 2.05) is 0 Å². The van der Waals surface area contributed by atoms with E-state index in [0.29, 0.717) is 26.0 Å². The van der Waals surface area contributed by atoms with Crippen LogP contribution in [0.15, 0.2) is 0 Å². The van der Waals surface area contributed by atoms with Gasteiger partial charge in [0.25, 0.3) is 0 Å². The molecule has 0 aromatic heterocycles. The molecule has 15 heavy (non-hydrogen) atoms. The molecule has 0 unspecified atom stereocenters. The largest absolute Gasteiger partial charge is 0.481 e. The molecule has 2 atom stereocenters. The first-order valence-corrected chi connectivity index (χ1v) is 5.16. The van der Waals surface area contributed by atoms with Gasteiger partial charge in [0.1, 0.15) is 0 Å². The Balaban J connectivity index is 2.40. The van der Waals surface area contributed by atoms with Crippen LogP contribution in [0.5, 0.6) is 0 Å². The molecule has 86 valence electrons. The number of methoxy groups -OCH3 is 1. The zero-order valence-electron chi connectivity index (χ0n) is 8.86. The lowest BCUT2D eigenvalue weighted by Crippen LogP contribution is -2.36. The van der Waals surface area contributed by atoms with E-state index >= 15 is 0 Å². The minimum Gasteiger partial charge on any atom is -0.481 e. The van der Waals surface area contributed by atoms with Crippen molar-refractivity contribution in [2.75, 3.05) is 20.3 Å². The first-order valence-electron chi connectivity index (χ1n) is 5.16. The molecule has 5 nitrogen and oxygen atoms in total. The van der Waals surface area contributed by atoms with Crippen LogP contribution in [0.2, 0.25) is 0 Å². The van der Waals surface area contributed by atoms with Gasteiger partial charge in [0.2, 0.25) is 5.91 Å². The molecule has 0 spiro atoms. The van der Waals surface area contributed by atoms with E-state index in [1.165, 1.54) is 0 Å². The van der Waals surface area contributed by atoms with Gasteiger partial charge in [-0.3, -0.25) is 9.59 Å². The number of rotatable bonds is 5. The van der Waals surface area contributed by atoms with Gasteiger partial charge in [0, 0.05) is 13.7 Å². The predicted octanol–water partition coefficient (Wildman–Crippen LogP) is 0.250. The Labute approximate surface area is 88.8 Å². The molecule has 0 aromatic rings. The zero-order chi connectivity index (χ0) is 11.3. The Morgan fingerprint density at radius 3 is 2.67 bits per heavy atom. The minimum atomic E-state index is -0.862. The summed E-state index contributed by atoms with van der Waals surface area (Å²) in [6, 6.07) is 0. The molecule has 0 aliphatic heterocycles. The first kappa shape index (κ1) is 12.0. The Kier molecular flexibility index (Phi) is 4.55. The van der Waals surface area contributed by atoms with E-state index in [2.05, 4.69) is 5.32 Å². The normalized spacial score (nSPS) is 25.1. The fraction of sp³-hybridized carbons (Fsp3) is 0.800. The summed E-state index contributed by atoms with van der Waals surface area (Å²) in [6.07, 6.45) is 2.10. The average molecular weight is 215 g/mol. The number of hydrogen-bond acceptors (Lipinski definition) is 3. The second-order valence-electron chi connectivity index (χ2n) is 3.77. The summed E-state index contributed by atoms with van der Waals surface area (Å²) < 4.78 is 4.80. The van der Waals surface area contributed by atoms with Crippen LogP contribution in [-0.4, -0.2) is 37.2 Å². The van der Waals surface area contributed by atoms with Crippen LogP contribution >= 0.6 is 0 Å². The van der Waals surface area contributed by atoms with E-state index in [1.54, 1.807) is 7.11 Å². The number of carboxylic acids is 1. The molecule has 0 heterocycles. The predicted molar refractivity (Wildman–Crippen MR) is 53.4 cm³/mol. The van der Waals surface area contributed by atoms with Crippen molar-refractivity contribution >= 4 is 11.9 Å². The maximum atomic E-state index is 11.6. The van der Waals surface area contributed by atoms with Gasteiger partial charge in [-0.1, -0.05) is 6.42 Å². The number of aliphatic carboxylic acids is 1. The summed E-state index contributed by atoms with van der Waals surface area (Å²) in [7, 11) is 1.56. The van der Waals surface area contributed by atoms with E-state index in [-0.39, 0.29) is 11.8 Å². The third kappa shape index (κ3) is 3.20. The molecule has 1 saturated carbocycles.